The smallest absolute Gasteiger partial charge is 0.244 e. The van der Waals surface area contributed by atoms with Crippen molar-refractivity contribution in [3.05, 3.63) is 43.5 Å². The zero-order valence-electron chi connectivity index (χ0n) is 10.6. The first kappa shape index (κ1) is 13.2. The number of rotatable bonds is 2. The molecule has 1 aliphatic rings. The van der Waals surface area contributed by atoms with E-state index in [9.17, 15) is 5.26 Å². The minimum atomic E-state index is -0.214. The van der Waals surface area contributed by atoms with Gasteiger partial charge in [0.25, 0.3) is 0 Å². The molecule has 0 unspecified atom stereocenters. The van der Waals surface area contributed by atoms with Crippen LogP contribution in [0, 0.1) is 11.3 Å². The van der Waals surface area contributed by atoms with E-state index in [4.69, 9.17) is 10.5 Å². The molecule has 20 heavy (non-hydrogen) atoms. The lowest BCUT2D eigenvalue weighted by Gasteiger charge is -2.22. The van der Waals surface area contributed by atoms with Gasteiger partial charge in [-0.3, -0.25) is 5.10 Å². The number of nitrogens with two attached hydrogens (primary N) is 1. The predicted molar refractivity (Wildman–Crippen MR) is 79.3 cm³/mol. The van der Waals surface area contributed by atoms with Gasteiger partial charge in [0.2, 0.25) is 11.8 Å². The SMILES string of the molecule is CCc1[nH]nc2c1[C@H](c1cc(Br)cs1)C(C#N)=C(N)O2. The maximum atomic E-state index is 9.42. The summed E-state index contributed by atoms with van der Waals surface area (Å²) >= 11 is 5.03. The van der Waals surface area contributed by atoms with Gasteiger partial charge in [0, 0.05) is 20.4 Å². The summed E-state index contributed by atoms with van der Waals surface area (Å²) in [4.78, 5) is 1.04. The van der Waals surface area contributed by atoms with Crippen molar-refractivity contribution in [1.82, 2.24) is 10.2 Å². The molecule has 3 rings (SSSR count). The minimum absolute atomic E-state index is 0.128. The van der Waals surface area contributed by atoms with E-state index in [-0.39, 0.29) is 11.8 Å². The third kappa shape index (κ3) is 1.92. The molecule has 3 N–H and O–H groups in total. The molecule has 3 heterocycles. The highest BCUT2D eigenvalue weighted by atomic mass is 79.9. The van der Waals surface area contributed by atoms with Crippen LogP contribution in [0.15, 0.2) is 27.4 Å². The molecule has 0 aromatic carbocycles. The maximum Gasteiger partial charge on any atom is 0.244 e. The Morgan fingerprint density at radius 1 is 1.65 bits per heavy atom. The number of aromatic nitrogens is 2. The van der Waals surface area contributed by atoms with Crippen molar-refractivity contribution in [1.29, 1.82) is 5.26 Å². The first-order chi connectivity index (χ1) is 9.65. The third-order valence-corrected chi connectivity index (χ3v) is 5.00. The van der Waals surface area contributed by atoms with E-state index in [2.05, 4.69) is 32.2 Å². The Labute approximate surface area is 128 Å². The van der Waals surface area contributed by atoms with E-state index in [1.165, 1.54) is 0 Å². The summed E-state index contributed by atoms with van der Waals surface area (Å²) in [5, 5.41) is 18.5. The molecule has 0 spiro atoms. The minimum Gasteiger partial charge on any atom is -0.420 e. The third-order valence-electron chi connectivity index (χ3n) is 3.24. The Kier molecular flexibility index (Phi) is 3.28. The zero-order chi connectivity index (χ0) is 14.3. The van der Waals surface area contributed by atoms with Crippen molar-refractivity contribution >= 4 is 27.3 Å². The summed E-state index contributed by atoms with van der Waals surface area (Å²) < 4.78 is 6.45. The van der Waals surface area contributed by atoms with Crippen molar-refractivity contribution in [2.75, 3.05) is 0 Å². The number of hydrogen-bond acceptors (Lipinski definition) is 5. The first-order valence-electron chi connectivity index (χ1n) is 6.04. The summed E-state index contributed by atoms with van der Waals surface area (Å²) in [5.74, 6) is 0.380. The topological polar surface area (TPSA) is 87.7 Å². The van der Waals surface area contributed by atoms with Crippen molar-refractivity contribution in [2.45, 2.75) is 19.3 Å². The molecule has 0 saturated heterocycles. The van der Waals surface area contributed by atoms with Gasteiger partial charge in [-0.1, -0.05) is 6.92 Å². The number of aryl methyl sites for hydroxylation is 1. The van der Waals surface area contributed by atoms with Crippen molar-refractivity contribution < 1.29 is 4.74 Å². The van der Waals surface area contributed by atoms with E-state index < -0.39 is 0 Å². The Hall–Kier alpha value is -1.78. The zero-order valence-corrected chi connectivity index (χ0v) is 13.0. The van der Waals surface area contributed by atoms with Crippen molar-refractivity contribution in [2.24, 2.45) is 5.73 Å². The van der Waals surface area contributed by atoms with Crippen LogP contribution in [0.1, 0.15) is 29.0 Å². The van der Waals surface area contributed by atoms with E-state index >= 15 is 0 Å². The summed E-state index contributed by atoms with van der Waals surface area (Å²) in [7, 11) is 0. The quantitative estimate of drug-likeness (QED) is 0.871. The molecular formula is C13H11BrN4OS. The second-order valence-electron chi connectivity index (χ2n) is 4.37. The summed E-state index contributed by atoms with van der Waals surface area (Å²) in [6, 6.07) is 4.17. The first-order valence-corrected chi connectivity index (χ1v) is 7.71. The number of ether oxygens (including phenoxy) is 1. The molecular weight excluding hydrogens is 340 g/mol. The number of nitrogens with zero attached hydrogens (tertiary/aromatic N) is 2. The second kappa shape index (κ2) is 4.96. The van der Waals surface area contributed by atoms with Crippen LogP contribution in [0.5, 0.6) is 5.88 Å². The Morgan fingerprint density at radius 3 is 3.05 bits per heavy atom. The van der Waals surface area contributed by atoms with E-state index in [0.29, 0.717) is 11.5 Å². The molecule has 5 nitrogen and oxygen atoms in total. The van der Waals surface area contributed by atoms with Gasteiger partial charge >= 0.3 is 0 Å². The molecule has 0 aliphatic carbocycles. The van der Waals surface area contributed by atoms with Crippen molar-refractivity contribution in [3.8, 4) is 11.9 Å². The number of aromatic amines is 1. The van der Waals surface area contributed by atoms with Gasteiger partial charge in [0.1, 0.15) is 11.6 Å². The highest BCUT2D eigenvalue weighted by Crippen LogP contribution is 2.45. The van der Waals surface area contributed by atoms with Crippen LogP contribution in [0.4, 0.5) is 0 Å². The molecule has 2 aromatic rings. The van der Waals surface area contributed by atoms with Crippen LogP contribution < -0.4 is 10.5 Å². The van der Waals surface area contributed by atoms with Gasteiger partial charge in [0.15, 0.2) is 0 Å². The lowest BCUT2D eigenvalue weighted by molar-refractivity contribution is 0.379. The molecule has 1 aliphatic heterocycles. The molecule has 1 atom stereocenters. The number of fused-ring (bicyclic) bond motifs is 1. The number of nitrogens with one attached hydrogen (secondary N) is 1. The van der Waals surface area contributed by atoms with Crippen molar-refractivity contribution in [3.63, 3.8) is 0 Å². The molecule has 7 heteroatoms. The Bertz CT molecular complexity index is 740. The van der Waals surface area contributed by atoms with Crippen LogP contribution in [0.2, 0.25) is 0 Å². The standard InChI is InChI=1S/C13H11BrN4OS/c1-2-8-11-10(9-3-6(14)5-20-9)7(4-15)12(16)19-13(11)18-17-8/h3,5,10H,2,16H2,1H3,(H,17,18)/t10-/m0/s1. The molecule has 0 saturated carbocycles. The van der Waals surface area contributed by atoms with Crippen LogP contribution in [0.25, 0.3) is 0 Å². The molecule has 0 bridgehead atoms. The van der Waals surface area contributed by atoms with Gasteiger partial charge in [-0.05, 0) is 28.4 Å². The average Bonchev–Trinajstić information content (AvgIpc) is 3.03. The number of halogens is 1. The normalized spacial score (nSPS) is 17.6. The van der Waals surface area contributed by atoms with Gasteiger partial charge < -0.3 is 10.5 Å². The van der Waals surface area contributed by atoms with E-state index in [1.54, 1.807) is 11.3 Å². The fourth-order valence-electron chi connectivity index (χ4n) is 2.34. The summed E-state index contributed by atoms with van der Waals surface area (Å²) in [5.41, 5.74) is 8.17. The Morgan fingerprint density at radius 2 is 2.45 bits per heavy atom. The molecule has 2 aromatic heterocycles. The average molecular weight is 351 g/mol. The maximum absolute atomic E-state index is 9.42. The second-order valence-corrected chi connectivity index (χ2v) is 6.23. The van der Waals surface area contributed by atoms with Gasteiger partial charge in [-0.25, -0.2) is 0 Å². The number of hydrogen-bond donors (Lipinski definition) is 2. The van der Waals surface area contributed by atoms with Crippen LogP contribution in [-0.2, 0) is 6.42 Å². The van der Waals surface area contributed by atoms with Crippen LogP contribution in [0.3, 0.4) is 0 Å². The fourth-order valence-corrected chi connectivity index (χ4v) is 3.90. The van der Waals surface area contributed by atoms with Crippen LogP contribution in [-0.4, -0.2) is 10.2 Å². The number of thiophene rings is 1. The molecule has 0 fully saturated rings. The highest BCUT2D eigenvalue weighted by Gasteiger charge is 2.35. The molecule has 0 amide bonds. The fraction of sp³-hybridized carbons (Fsp3) is 0.231. The van der Waals surface area contributed by atoms with Gasteiger partial charge in [0.05, 0.1) is 11.5 Å². The molecule has 102 valence electrons. The monoisotopic (exact) mass is 350 g/mol. The predicted octanol–water partition coefficient (Wildman–Crippen LogP) is 3.01. The number of H-pyrrole nitrogens is 1. The Balaban J connectivity index is 2.23. The molecule has 0 radical (unpaired) electrons. The van der Waals surface area contributed by atoms with Gasteiger partial charge in [-0.2, -0.15) is 5.26 Å². The number of allylic oxidation sites excluding steroid dienone is 1. The lowest BCUT2D eigenvalue weighted by atomic mass is 9.88. The number of nitriles is 1. The van der Waals surface area contributed by atoms with Gasteiger partial charge in [-0.15, -0.1) is 16.4 Å². The highest BCUT2D eigenvalue weighted by molar-refractivity contribution is 9.10. The van der Waals surface area contributed by atoms with E-state index in [0.717, 1.165) is 27.0 Å². The summed E-state index contributed by atoms with van der Waals surface area (Å²) in [6.07, 6.45) is 0.785. The van der Waals surface area contributed by atoms with E-state index in [1.807, 2.05) is 18.4 Å². The lowest BCUT2D eigenvalue weighted by Crippen LogP contribution is -2.20. The van der Waals surface area contributed by atoms with Crippen LogP contribution >= 0.6 is 27.3 Å². The summed E-state index contributed by atoms with van der Waals surface area (Å²) in [6.45, 7) is 2.03. The largest absolute Gasteiger partial charge is 0.420 e.